The van der Waals surface area contributed by atoms with Crippen molar-refractivity contribution in [3.8, 4) is 0 Å². The fraction of sp³-hybridized carbons (Fsp3) is 0.500. The van der Waals surface area contributed by atoms with E-state index in [9.17, 15) is 4.79 Å². The van der Waals surface area contributed by atoms with Gasteiger partial charge in [-0.25, -0.2) is 0 Å². The van der Waals surface area contributed by atoms with E-state index in [4.69, 9.17) is 0 Å². The number of amides is 1. The van der Waals surface area contributed by atoms with Crippen molar-refractivity contribution in [2.45, 2.75) is 19.8 Å². The largest absolute Gasteiger partial charge is 0.339 e. The minimum atomic E-state index is 0.187. The van der Waals surface area contributed by atoms with Crippen molar-refractivity contribution in [3.05, 3.63) is 23.2 Å². The molecular weight excluding hydrogens is 244 g/mol. The maximum absolute atomic E-state index is 12.5. The number of hydrogen-bond acceptors (Lipinski definition) is 2. The zero-order valence-corrected chi connectivity index (χ0v) is 11.7. The Morgan fingerprint density at radius 1 is 1.50 bits per heavy atom. The second-order valence-corrected chi connectivity index (χ2v) is 6.20. The van der Waals surface area contributed by atoms with E-state index in [1.807, 2.05) is 22.6 Å². The highest BCUT2D eigenvalue weighted by atomic mass is 32.1. The predicted octanol–water partition coefficient (Wildman–Crippen LogP) is 3.11. The topological polar surface area (TPSA) is 25.2 Å². The fourth-order valence-corrected chi connectivity index (χ4v) is 3.64. The van der Waals surface area contributed by atoms with Gasteiger partial charge in [0.25, 0.3) is 5.91 Å². The first-order chi connectivity index (χ1) is 8.66. The average Bonchev–Trinajstić information content (AvgIpc) is 2.92. The zero-order valence-electron chi connectivity index (χ0n) is 10.8. The zero-order chi connectivity index (χ0) is 12.7. The smallest absolute Gasteiger partial charge is 0.270 e. The number of piperidine rings is 1. The Balaban J connectivity index is 1.91. The van der Waals surface area contributed by atoms with E-state index in [2.05, 4.69) is 18.4 Å². The molecule has 1 fully saturated rings. The van der Waals surface area contributed by atoms with Crippen molar-refractivity contribution >= 4 is 27.5 Å². The van der Waals surface area contributed by atoms with Gasteiger partial charge in [-0.2, -0.15) is 0 Å². The Kier molecular flexibility index (Phi) is 2.90. The third kappa shape index (κ3) is 1.85. The van der Waals surface area contributed by atoms with Gasteiger partial charge in [0, 0.05) is 20.1 Å². The van der Waals surface area contributed by atoms with E-state index in [1.54, 1.807) is 11.3 Å². The molecule has 0 spiro atoms. The lowest BCUT2D eigenvalue weighted by atomic mass is 10.00. The highest BCUT2D eigenvalue weighted by molar-refractivity contribution is 7.17. The number of likely N-dealkylation sites (tertiary alicyclic amines) is 1. The standard InChI is InChI=1S/C14H18N2OS/c1-10-4-3-6-16(9-10)14(17)12-8-13-11(15(12)2)5-7-18-13/h5,7-8,10H,3-4,6,9H2,1-2H3/t10-/m0/s1. The molecule has 3 nitrogen and oxygen atoms in total. The number of fused-ring (bicyclic) bond motifs is 1. The molecule has 0 saturated carbocycles. The maximum atomic E-state index is 12.5. The highest BCUT2D eigenvalue weighted by Crippen LogP contribution is 2.26. The Labute approximate surface area is 111 Å². The molecule has 0 aromatic carbocycles. The molecule has 1 aliphatic heterocycles. The first-order valence-electron chi connectivity index (χ1n) is 6.49. The van der Waals surface area contributed by atoms with Gasteiger partial charge in [-0.15, -0.1) is 11.3 Å². The second-order valence-electron chi connectivity index (χ2n) is 5.26. The van der Waals surface area contributed by atoms with E-state index in [0.717, 1.165) is 30.7 Å². The van der Waals surface area contributed by atoms with Gasteiger partial charge in [0.2, 0.25) is 0 Å². The summed E-state index contributed by atoms with van der Waals surface area (Å²) in [5.41, 5.74) is 1.99. The maximum Gasteiger partial charge on any atom is 0.270 e. The third-order valence-corrected chi connectivity index (χ3v) is 4.68. The Morgan fingerprint density at radius 3 is 3.06 bits per heavy atom. The molecule has 0 unspecified atom stereocenters. The molecule has 18 heavy (non-hydrogen) atoms. The van der Waals surface area contributed by atoms with Gasteiger partial charge < -0.3 is 9.47 Å². The molecule has 1 atom stereocenters. The van der Waals surface area contributed by atoms with Crippen LogP contribution in [0.1, 0.15) is 30.3 Å². The molecule has 2 aromatic rings. The Morgan fingerprint density at radius 2 is 2.33 bits per heavy atom. The molecule has 0 radical (unpaired) electrons. The van der Waals surface area contributed by atoms with Crippen molar-refractivity contribution in [2.24, 2.45) is 13.0 Å². The summed E-state index contributed by atoms with van der Waals surface area (Å²) in [5.74, 6) is 0.816. The molecule has 96 valence electrons. The van der Waals surface area contributed by atoms with Gasteiger partial charge in [-0.3, -0.25) is 4.79 Å². The van der Waals surface area contributed by atoms with Crippen LogP contribution in [0.5, 0.6) is 0 Å². The first-order valence-corrected chi connectivity index (χ1v) is 7.37. The fourth-order valence-electron chi connectivity index (χ4n) is 2.79. The van der Waals surface area contributed by atoms with Gasteiger partial charge in [-0.1, -0.05) is 6.92 Å². The number of rotatable bonds is 1. The highest BCUT2D eigenvalue weighted by Gasteiger charge is 2.24. The van der Waals surface area contributed by atoms with Crippen LogP contribution in [-0.2, 0) is 7.05 Å². The average molecular weight is 262 g/mol. The SMILES string of the molecule is C[C@H]1CCCN(C(=O)c2cc3sccc3n2C)C1. The van der Waals surface area contributed by atoms with Crippen molar-refractivity contribution in [1.82, 2.24) is 9.47 Å². The summed E-state index contributed by atoms with van der Waals surface area (Å²) in [7, 11) is 1.98. The Bertz CT molecular complexity index is 584. The first kappa shape index (κ1) is 11.8. The molecule has 3 heterocycles. The van der Waals surface area contributed by atoms with Crippen LogP contribution in [0, 0.1) is 5.92 Å². The normalized spacial score (nSPS) is 20.6. The summed E-state index contributed by atoms with van der Waals surface area (Å²) in [5, 5.41) is 2.07. The summed E-state index contributed by atoms with van der Waals surface area (Å²) in [6.45, 7) is 4.03. The van der Waals surface area contributed by atoms with E-state index < -0.39 is 0 Å². The van der Waals surface area contributed by atoms with Gasteiger partial charge in [-0.05, 0) is 36.3 Å². The number of aryl methyl sites for hydroxylation is 1. The molecule has 1 saturated heterocycles. The van der Waals surface area contributed by atoms with Gasteiger partial charge >= 0.3 is 0 Å². The molecule has 0 N–H and O–H groups in total. The van der Waals surface area contributed by atoms with Gasteiger partial charge in [0.1, 0.15) is 5.69 Å². The molecule has 1 aliphatic rings. The summed E-state index contributed by atoms with van der Waals surface area (Å²) < 4.78 is 3.22. The molecule has 0 bridgehead atoms. The van der Waals surface area contributed by atoms with Crippen molar-refractivity contribution in [3.63, 3.8) is 0 Å². The summed E-state index contributed by atoms with van der Waals surface area (Å²) >= 11 is 1.70. The van der Waals surface area contributed by atoms with Gasteiger partial charge in [0.15, 0.2) is 0 Å². The minimum absolute atomic E-state index is 0.187. The van der Waals surface area contributed by atoms with E-state index in [-0.39, 0.29) is 5.91 Å². The summed E-state index contributed by atoms with van der Waals surface area (Å²) in [6.07, 6.45) is 2.37. The summed E-state index contributed by atoms with van der Waals surface area (Å²) in [6, 6.07) is 4.11. The lowest BCUT2D eigenvalue weighted by Gasteiger charge is -2.31. The number of carbonyl (C=O) groups excluding carboxylic acids is 1. The molecule has 1 amide bonds. The quantitative estimate of drug-likeness (QED) is 0.775. The van der Waals surface area contributed by atoms with Crippen LogP contribution in [0.3, 0.4) is 0 Å². The van der Waals surface area contributed by atoms with E-state index in [0.29, 0.717) is 5.92 Å². The predicted molar refractivity (Wildman–Crippen MR) is 75.1 cm³/mol. The van der Waals surface area contributed by atoms with E-state index >= 15 is 0 Å². The van der Waals surface area contributed by atoms with Crippen LogP contribution >= 0.6 is 11.3 Å². The van der Waals surface area contributed by atoms with Crippen LogP contribution < -0.4 is 0 Å². The van der Waals surface area contributed by atoms with Crippen LogP contribution in [0.2, 0.25) is 0 Å². The van der Waals surface area contributed by atoms with Crippen LogP contribution in [0.4, 0.5) is 0 Å². The van der Waals surface area contributed by atoms with Crippen LogP contribution in [0.25, 0.3) is 10.2 Å². The number of hydrogen-bond donors (Lipinski definition) is 0. The number of carbonyl (C=O) groups is 1. The Hall–Kier alpha value is -1.29. The number of nitrogens with zero attached hydrogens (tertiary/aromatic N) is 2. The van der Waals surface area contributed by atoms with Crippen molar-refractivity contribution in [1.29, 1.82) is 0 Å². The lowest BCUT2D eigenvalue weighted by molar-refractivity contribution is 0.0674. The molecule has 2 aromatic heterocycles. The van der Waals surface area contributed by atoms with Crippen molar-refractivity contribution < 1.29 is 4.79 Å². The monoisotopic (exact) mass is 262 g/mol. The third-order valence-electron chi connectivity index (χ3n) is 3.83. The molecular formula is C14H18N2OS. The molecule has 3 rings (SSSR count). The summed E-state index contributed by atoms with van der Waals surface area (Å²) in [4.78, 5) is 14.6. The van der Waals surface area contributed by atoms with Gasteiger partial charge in [0.05, 0.1) is 10.2 Å². The number of thiophene rings is 1. The molecule has 0 aliphatic carbocycles. The van der Waals surface area contributed by atoms with Crippen LogP contribution in [0.15, 0.2) is 17.5 Å². The number of aromatic nitrogens is 1. The lowest BCUT2D eigenvalue weighted by Crippen LogP contribution is -2.39. The second kappa shape index (κ2) is 4.43. The minimum Gasteiger partial charge on any atom is -0.339 e. The van der Waals surface area contributed by atoms with E-state index in [1.165, 1.54) is 11.1 Å². The van der Waals surface area contributed by atoms with Crippen molar-refractivity contribution in [2.75, 3.05) is 13.1 Å². The van der Waals surface area contributed by atoms with Crippen LogP contribution in [-0.4, -0.2) is 28.5 Å². The molecule has 4 heteroatoms.